The molecule has 1 unspecified atom stereocenters. The first-order valence-corrected chi connectivity index (χ1v) is 6.33. The number of ether oxygens (including phenoxy) is 1. The van der Waals surface area contributed by atoms with E-state index in [1.807, 2.05) is 12.1 Å². The molecule has 2 aromatic rings. The molecule has 3 rings (SSSR count). The molecule has 3 nitrogen and oxygen atoms in total. The van der Waals surface area contributed by atoms with E-state index in [0.29, 0.717) is 22.3 Å². The zero-order valence-electron chi connectivity index (χ0n) is 9.98. The second-order valence-electron chi connectivity index (χ2n) is 4.63. The molecule has 1 fully saturated rings. The lowest BCUT2D eigenvalue weighted by molar-refractivity contribution is 0.0515. The summed E-state index contributed by atoms with van der Waals surface area (Å²) in [5, 5.41) is 1.36. The highest BCUT2D eigenvalue weighted by Crippen LogP contribution is 2.36. The largest absolute Gasteiger partial charge is 0.451 e. The number of fused-ring (bicyclic) bond motifs is 1. The number of hydrogen-bond acceptors (Lipinski definition) is 3. The normalized spacial score (nSPS) is 17.0. The molecule has 1 aromatic heterocycles. The van der Waals surface area contributed by atoms with Crippen LogP contribution in [0, 0.1) is 5.92 Å². The molecule has 0 aliphatic heterocycles. The summed E-state index contributed by atoms with van der Waals surface area (Å²) < 4.78 is 10.8. The fourth-order valence-corrected chi connectivity index (χ4v) is 2.42. The topological polar surface area (TPSA) is 39.4 Å². The Labute approximate surface area is 110 Å². The highest BCUT2D eigenvalue weighted by molar-refractivity contribution is 6.34. The Morgan fingerprint density at radius 3 is 2.89 bits per heavy atom. The summed E-state index contributed by atoms with van der Waals surface area (Å²) in [5.41, 5.74) is 0.563. The van der Waals surface area contributed by atoms with E-state index in [-0.39, 0.29) is 11.9 Å². The van der Waals surface area contributed by atoms with Crippen molar-refractivity contribution >= 4 is 28.4 Å². The quantitative estimate of drug-likeness (QED) is 0.791. The van der Waals surface area contributed by atoms with Crippen LogP contribution in [0.1, 0.15) is 23.4 Å². The van der Waals surface area contributed by atoms with Crippen molar-refractivity contribution in [3.8, 4) is 0 Å². The smallest absolute Gasteiger partial charge is 0.226 e. The number of para-hydroxylation sites is 1. The van der Waals surface area contributed by atoms with Crippen molar-refractivity contribution in [2.75, 3.05) is 7.11 Å². The van der Waals surface area contributed by atoms with E-state index in [2.05, 4.69) is 0 Å². The second-order valence-corrected chi connectivity index (χ2v) is 5.03. The van der Waals surface area contributed by atoms with Crippen LogP contribution < -0.4 is 0 Å². The maximum atomic E-state index is 12.3. The van der Waals surface area contributed by atoms with E-state index in [4.69, 9.17) is 20.8 Å². The highest BCUT2D eigenvalue weighted by atomic mass is 35.5. The summed E-state index contributed by atoms with van der Waals surface area (Å²) >= 11 is 6.03. The zero-order chi connectivity index (χ0) is 12.7. The number of Topliss-reactive ketones (excluding diaryl/α,β-unsaturated/α-hetero) is 1. The number of carbonyl (C=O) groups excluding carboxylic acids is 1. The lowest BCUT2D eigenvalue weighted by Crippen LogP contribution is -2.24. The van der Waals surface area contributed by atoms with Gasteiger partial charge in [-0.2, -0.15) is 0 Å². The summed E-state index contributed by atoms with van der Waals surface area (Å²) in [4.78, 5) is 12.3. The fourth-order valence-electron chi connectivity index (χ4n) is 2.20. The Balaban J connectivity index is 1.98. The van der Waals surface area contributed by atoms with Crippen molar-refractivity contribution < 1.29 is 13.9 Å². The van der Waals surface area contributed by atoms with Gasteiger partial charge in [0.15, 0.2) is 11.3 Å². The molecule has 1 aliphatic rings. The van der Waals surface area contributed by atoms with Crippen LogP contribution in [-0.2, 0) is 4.74 Å². The number of methoxy groups -OCH3 is 1. The Morgan fingerprint density at radius 1 is 1.50 bits per heavy atom. The van der Waals surface area contributed by atoms with Crippen molar-refractivity contribution in [2.45, 2.75) is 18.9 Å². The predicted octanol–water partition coefficient (Wildman–Crippen LogP) is 3.69. The van der Waals surface area contributed by atoms with Crippen molar-refractivity contribution in [1.29, 1.82) is 0 Å². The number of benzene rings is 1. The predicted molar refractivity (Wildman–Crippen MR) is 69.1 cm³/mol. The maximum Gasteiger partial charge on any atom is 0.226 e. The number of halogens is 1. The number of rotatable bonds is 4. The second kappa shape index (κ2) is 4.41. The van der Waals surface area contributed by atoms with Gasteiger partial charge in [-0.3, -0.25) is 4.79 Å². The minimum atomic E-state index is -0.385. The van der Waals surface area contributed by atoms with Crippen LogP contribution in [0.3, 0.4) is 0 Å². The molecule has 18 heavy (non-hydrogen) atoms. The van der Waals surface area contributed by atoms with E-state index >= 15 is 0 Å². The molecule has 94 valence electrons. The monoisotopic (exact) mass is 264 g/mol. The van der Waals surface area contributed by atoms with Crippen LogP contribution in [0.5, 0.6) is 0 Å². The molecule has 0 spiro atoms. The highest BCUT2D eigenvalue weighted by Gasteiger charge is 2.38. The molecule has 0 radical (unpaired) electrons. The maximum absolute atomic E-state index is 12.3. The van der Waals surface area contributed by atoms with Crippen molar-refractivity contribution in [2.24, 2.45) is 5.92 Å². The number of hydrogen-bond donors (Lipinski definition) is 0. The first-order chi connectivity index (χ1) is 8.70. The number of furan rings is 1. The van der Waals surface area contributed by atoms with E-state index in [0.717, 1.165) is 18.2 Å². The molecule has 1 saturated carbocycles. The standard InChI is InChI=1S/C14H13ClO3/c1-17-14(8-5-6-8)12(16)11-7-9-3-2-4-10(15)13(9)18-11/h2-4,7-8,14H,5-6H2,1H3. The number of carbonyl (C=O) groups is 1. The molecular formula is C14H13ClO3. The van der Waals surface area contributed by atoms with E-state index in [1.54, 1.807) is 19.2 Å². The fraction of sp³-hybridized carbons (Fsp3) is 0.357. The van der Waals surface area contributed by atoms with Crippen LogP contribution in [-0.4, -0.2) is 19.0 Å². The van der Waals surface area contributed by atoms with Gasteiger partial charge in [-0.05, 0) is 30.9 Å². The zero-order valence-corrected chi connectivity index (χ0v) is 10.7. The summed E-state index contributed by atoms with van der Waals surface area (Å²) in [6, 6.07) is 7.19. The third kappa shape index (κ3) is 1.93. The average molecular weight is 265 g/mol. The molecule has 1 heterocycles. The lowest BCUT2D eigenvalue weighted by atomic mass is 10.1. The molecule has 1 aromatic carbocycles. The Morgan fingerprint density at radius 2 is 2.28 bits per heavy atom. The number of ketones is 1. The van der Waals surface area contributed by atoms with Gasteiger partial charge in [0.2, 0.25) is 5.78 Å². The van der Waals surface area contributed by atoms with Crippen molar-refractivity contribution in [1.82, 2.24) is 0 Å². The van der Waals surface area contributed by atoms with Gasteiger partial charge in [-0.1, -0.05) is 23.7 Å². The van der Waals surface area contributed by atoms with Gasteiger partial charge in [0, 0.05) is 12.5 Å². The SMILES string of the molecule is COC(C(=O)c1cc2cccc(Cl)c2o1)C1CC1. The molecule has 1 aliphatic carbocycles. The average Bonchev–Trinajstić information content (AvgIpc) is 3.08. The van der Waals surface area contributed by atoms with Gasteiger partial charge < -0.3 is 9.15 Å². The van der Waals surface area contributed by atoms with E-state index < -0.39 is 0 Å². The molecular weight excluding hydrogens is 252 g/mol. The molecule has 0 N–H and O–H groups in total. The van der Waals surface area contributed by atoms with Crippen molar-refractivity contribution in [3.63, 3.8) is 0 Å². The Bertz CT molecular complexity index is 598. The molecule has 0 amide bonds. The minimum absolute atomic E-state index is 0.0905. The Kier molecular flexibility index (Phi) is 2.88. The van der Waals surface area contributed by atoms with E-state index in [1.165, 1.54) is 0 Å². The van der Waals surface area contributed by atoms with Crippen molar-refractivity contribution in [3.05, 3.63) is 35.0 Å². The van der Waals surface area contributed by atoms with Gasteiger partial charge >= 0.3 is 0 Å². The molecule has 0 bridgehead atoms. The van der Waals surface area contributed by atoms with Crippen LogP contribution in [0.2, 0.25) is 5.02 Å². The van der Waals surface area contributed by atoms with Crippen LogP contribution in [0.15, 0.2) is 28.7 Å². The third-order valence-electron chi connectivity index (χ3n) is 3.30. The van der Waals surface area contributed by atoms with Crippen LogP contribution >= 0.6 is 11.6 Å². The summed E-state index contributed by atoms with van der Waals surface area (Å²) in [6.45, 7) is 0. The molecule has 1 atom stereocenters. The summed E-state index contributed by atoms with van der Waals surface area (Å²) in [5.74, 6) is 0.579. The minimum Gasteiger partial charge on any atom is -0.451 e. The first kappa shape index (κ1) is 11.8. The van der Waals surface area contributed by atoms with Crippen LogP contribution in [0.25, 0.3) is 11.0 Å². The summed E-state index contributed by atoms with van der Waals surface area (Å²) in [7, 11) is 1.57. The molecule has 0 saturated heterocycles. The van der Waals surface area contributed by atoms with Crippen LogP contribution in [0.4, 0.5) is 0 Å². The summed E-state index contributed by atoms with van der Waals surface area (Å²) in [6.07, 6.45) is 1.71. The molecule has 4 heteroatoms. The third-order valence-corrected chi connectivity index (χ3v) is 3.60. The first-order valence-electron chi connectivity index (χ1n) is 5.96. The van der Waals surface area contributed by atoms with Gasteiger partial charge in [0.25, 0.3) is 0 Å². The Hall–Kier alpha value is -1.32. The van der Waals surface area contributed by atoms with Gasteiger partial charge in [0.1, 0.15) is 6.10 Å². The lowest BCUT2D eigenvalue weighted by Gasteiger charge is -2.10. The van der Waals surface area contributed by atoms with Gasteiger partial charge in [0.05, 0.1) is 5.02 Å². The van der Waals surface area contributed by atoms with E-state index in [9.17, 15) is 4.79 Å². The van der Waals surface area contributed by atoms with Gasteiger partial charge in [-0.15, -0.1) is 0 Å². The van der Waals surface area contributed by atoms with Gasteiger partial charge in [-0.25, -0.2) is 0 Å².